The summed E-state index contributed by atoms with van der Waals surface area (Å²) in [5.41, 5.74) is 8.44. The predicted molar refractivity (Wildman–Crippen MR) is 83.6 cm³/mol. The van der Waals surface area contributed by atoms with E-state index in [2.05, 4.69) is 43.9 Å². The van der Waals surface area contributed by atoms with E-state index in [4.69, 9.17) is 5.73 Å². The first-order valence-corrected chi connectivity index (χ1v) is 7.98. The van der Waals surface area contributed by atoms with Crippen LogP contribution in [0.2, 0.25) is 0 Å². The third-order valence-electron chi connectivity index (χ3n) is 4.22. The molecular formula is C15H22BrN3. The summed E-state index contributed by atoms with van der Waals surface area (Å²) >= 11 is 3.64. The minimum Gasteiger partial charge on any atom is -0.369 e. The first-order valence-electron chi connectivity index (χ1n) is 7.19. The highest BCUT2D eigenvalue weighted by Gasteiger charge is 2.31. The molecule has 1 aliphatic heterocycles. The normalized spacial score (nSPS) is 22.6. The lowest BCUT2D eigenvalue weighted by Crippen LogP contribution is -2.47. The Labute approximate surface area is 123 Å². The van der Waals surface area contributed by atoms with Crippen LogP contribution in [0.15, 0.2) is 22.7 Å². The molecule has 0 aromatic heterocycles. The van der Waals surface area contributed by atoms with Crippen LogP contribution in [0.1, 0.15) is 31.4 Å². The molecule has 0 amide bonds. The topological polar surface area (TPSA) is 32.5 Å². The standard InChI is InChI=1S/C15H22BrN3/c1-11(17)14-5-4-13(10-15(14)16)19-8-6-18(7-9-19)12-2-3-12/h4-5,10-12H,2-3,6-9,17H2,1H3/t11-/m0/s1. The highest BCUT2D eigenvalue weighted by atomic mass is 79.9. The molecule has 104 valence electrons. The number of halogens is 1. The van der Waals surface area contributed by atoms with Gasteiger partial charge in [0.15, 0.2) is 0 Å². The molecule has 0 spiro atoms. The average molecular weight is 324 g/mol. The van der Waals surface area contributed by atoms with Crippen molar-refractivity contribution >= 4 is 21.6 Å². The SMILES string of the molecule is C[C@H](N)c1ccc(N2CCN(C3CC3)CC2)cc1Br. The van der Waals surface area contributed by atoms with Crippen molar-refractivity contribution in [3.8, 4) is 0 Å². The Morgan fingerprint density at radius 2 is 1.89 bits per heavy atom. The van der Waals surface area contributed by atoms with Crippen molar-refractivity contribution in [1.82, 2.24) is 4.90 Å². The molecule has 1 heterocycles. The van der Waals surface area contributed by atoms with E-state index in [1.54, 1.807) is 0 Å². The summed E-state index contributed by atoms with van der Waals surface area (Å²) in [6.07, 6.45) is 2.82. The van der Waals surface area contributed by atoms with E-state index in [9.17, 15) is 0 Å². The predicted octanol–water partition coefficient (Wildman–Crippen LogP) is 2.75. The Hall–Kier alpha value is -0.580. The number of hydrogen-bond donors (Lipinski definition) is 1. The molecule has 2 aliphatic rings. The molecule has 0 unspecified atom stereocenters. The van der Waals surface area contributed by atoms with Gasteiger partial charge in [0, 0.05) is 48.4 Å². The van der Waals surface area contributed by atoms with Gasteiger partial charge in [-0.3, -0.25) is 4.90 Å². The van der Waals surface area contributed by atoms with Crippen LogP contribution in [0.4, 0.5) is 5.69 Å². The number of nitrogens with zero attached hydrogens (tertiary/aromatic N) is 2. The molecular weight excluding hydrogens is 302 g/mol. The zero-order chi connectivity index (χ0) is 13.4. The maximum Gasteiger partial charge on any atom is 0.0378 e. The second-order valence-corrected chi connectivity index (χ2v) is 6.60. The molecule has 0 radical (unpaired) electrons. The first-order chi connectivity index (χ1) is 9.15. The van der Waals surface area contributed by atoms with Crippen molar-refractivity contribution < 1.29 is 0 Å². The molecule has 3 rings (SSSR count). The average Bonchev–Trinajstić information content (AvgIpc) is 3.22. The van der Waals surface area contributed by atoms with Crippen molar-refractivity contribution in [3.63, 3.8) is 0 Å². The summed E-state index contributed by atoms with van der Waals surface area (Å²) in [7, 11) is 0. The number of piperazine rings is 1. The number of nitrogens with two attached hydrogens (primary N) is 1. The van der Waals surface area contributed by atoms with Crippen LogP contribution in [0.5, 0.6) is 0 Å². The number of anilines is 1. The Kier molecular flexibility index (Phi) is 3.83. The summed E-state index contributed by atoms with van der Waals surface area (Å²) in [4.78, 5) is 5.12. The van der Waals surface area contributed by atoms with Gasteiger partial charge >= 0.3 is 0 Å². The molecule has 3 nitrogen and oxygen atoms in total. The van der Waals surface area contributed by atoms with Gasteiger partial charge in [-0.1, -0.05) is 22.0 Å². The molecule has 19 heavy (non-hydrogen) atoms. The van der Waals surface area contributed by atoms with Gasteiger partial charge in [0.2, 0.25) is 0 Å². The van der Waals surface area contributed by atoms with Gasteiger partial charge < -0.3 is 10.6 Å². The largest absolute Gasteiger partial charge is 0.369 e. The lowest BCUT2D eigenvalue weighted by molar-refractivity contribution is 0.248. The quantitative estimate of drug-likeness (QED) is 0.928. The molecule has 1 saturated carbocycles. The van der Waals surface area contributed by atoms with Gasteiger partial charge in [0.05, 0.1) is 0 Å². The van der Waals surface area contributed by atoms with Crippen LogP contribution in [0, 0.1) is 0 Å². The van der Waals surface area contributed by atoms with Crippen molar-refractivity contribution in [2.75, 3.05) is 31.1 Å². The van der Waals surface area contributed by atoms with Crippen LogP contribution in [-0.4, -0.2) is 37.1 Å². The number of hydrogen-bond acceptors (Lipinski definition) is 3. The second-order valence-electron chi connectivity index (χ2n) is 5.75. The van der Waals surface area contributed by atoms with E-state index in [1.807, 2.05) is 6.92 Å². The van der Waals surface area contributed by atoms with E-state index in [-0.39, 0.29) is 6.04 Å². The molecule has 1 saturated heterocycles. The van der Waals surface area contributed by atoms with Crippen molar-refractivity contribution in [1.29, 1.82) is 0 Å². The lowest BCUT2D eigenvalue weighted by atomic mass is 10.1. The van der Waals surface area contributed by atoms with E-state index < -0.39 is 0 Å². The van der Waals surface area contributed by atoms with Crippen molar-refractivity contribution in [2.45, 2.75) is 31.8 Å². The molecule has 1 aliphatic carbocycles. The van der Waals surface area contributed by atoms with Gasteiger partial charge in [-0.15, -0.1) is 0 Å². The van der Waals surface area contributed by atoms with Crippen LogP contribution in [-0.2, 0) is 0 Å². The highest BCUT2D eigenvalue weighted by molar-refractivity contribution is 9.10. The third-order valence-corrected chi connectivity index (χ3v) is 4.90. The van der Waals surface area contributed by atoms with E-state index in [0.717, 1.165) is 23.6 Å². The molecule has 2 N–H and O–H groups in total. The molecule has 0 bridgehead atoms. The molecule has 1 atom stereocenters. The Balaban J connectivity index is 1.67. The summed E-state index contributed by atoms with van der Waals surface area (Å²) in [5.74, 6) is 0. The zero-order valence-electron chi connectivity index (χ0n) is 11.5. The first kappa shape index (κ1) is 13.4. The number of benzene rings is 1. The Bertz CT molecular complexity index is 449. The van der Waals surface area contributed by atoms with Gasteiger partial charge in [0.1, 0.15) is 0 Å². The summed E-state index contributed by atoms with van der Waals surface area (Å²) in [6.45, 7) is 6.71. The van der Waals surface area contributed by atoms with Crippen LogP contribution < -0.4 is 10.6 Å². The molecule has 4 heteroatoms. The Morgan fingerprint density at radius 3 is 2.42 bits per heavy atom. The third kappa shape index (κ3) is 2.96. The van der Waals surface area contributed by atoms with Gasteiger partial charge in [0.25, 0.3) is 0 Å². The maximum absolute atomic E-state index is 5.95. The summed E-state index contributed by atoms with van der Waals surface area (Å²) in [6, 6.07) is 7.54. The fourth-order valence-electron chi connectivity index (χ4n) is 2.87. The van der Waals surface area contributed by atoms with E-state index in [0.29, 0.717) is 0 Å². The summed E-state index contributed by atoms with van der Waals surface area (Å²) < 4.78 is 1.13. The van der Waals surface area contributed by atoms with Crippen molar-refractivity contribution in [3.05, 3.63) is 28.2 Å². The monoisotopic (exact) mass is 323 g/mol. The second kappa shape index (κ2) is 5.43. The fraction of sp³-hybridized carbons (Fsp3) is 0.600. The minimum absolute atomic E-state index is 0.0788. The van der Waals surface area contributed by atoms with Gasteiger partial charge in [-0.25, -0.2) is 0 Å². The molecule has 1 aromatic carbocycles. The highest BCUT2D eigenvalue weighted by Crippen LogP contribution is 2.30. The fourth-order valence-corrected chi connectivity index (χ4v) is 3.59. The van der Waals surface area contributed by atoms with Gasteiger partial charge in [-0.2, -0.15) is 0 Å². The Morgan fingerprint density at radius 1 is 1.21 bits per heavy atom. The van der Waals surface area contributed by atoms with Crippen LogP contribution in [0.3, 0.4) is 0 Å². The summed E-state index contributed by atoms with van der Waals surface area (Å²) in [5, 5.41) is 0. The molecule has 2 fully saturated rings. The smallest absolute Gasteiger partial charge is 0.0378 e. The van der Waals surface area contributed by atoms with Gasteiger partial charge in [-0.05, 0) is 37.5 Å². The lowest BCUT2D eigenvalue weighted by Gasteiger charge is -2.36. The van der Waals surface area contributed by atoms with Crippen LogP contribution in [0.25, 0.3) is 0 Å². The van der Waals surface area contributed by atoms with Crippen LogP contribution >= 0.6 is 15.9 Å². The van der Waals surface area contributed by atoms with E-state index >= 15 is 0 Å². The number of rotatable bonds is 3. The maximum atomic E-state index is 5.95. The van der Waals surface area contributed by atoms with E-state index in [1.165, 1.54) is 37.2 Å². The van der Waals surface area contributed by atoms with Crippen molar-refractivity contribution in [2.24, 2.45) is 5.73 Å². The zero-order valence-corrected chi connectivity index (χ0v) is 13.1. The molecule has 1 aromatic rings. The minimum atomic E-state index is 0.0788.